The molecule has 1 aliphatic rings. The van der Waals surface area contributed by atoms with Crippen LogP contribution >= 0.6 is 0 Å². The number of fused-ring (bicyclic) bond motifs is 1. The average Bonchev–Trinajstić information content (AvgIpc) is 2.82. The number of amides is 3. The van der Waals surface area contributed by atoms with Gasteiger partial charge < -0.3 is 16.0 Å². The quantitative estimate of drug-likeness (QED) is 0.777. The smallest absolute Gasteiger partial charge is 0.254 e. The SMILES string of the molecule is Cc1cc(NC(=O)CC[C@H]2NC(=O)c3ccccc3NC2=O)nn1C. The van der Waals surface area contributed by atoms with Crippen LogP contribution in [0.2, 0.25) is 0 Å². The number of aryl methyl sites for hydroxylation is 2. The largest absolute Gasteiger partial charge is 0.340 e. The topological polar surface area (TPSA) is 105 Å². The second-order valence-corrected chi connectivity index (χ2v) is 5.94. The lowest BCUT2D eigenvalue weighted by molar-refractivity contribution is -0.118. The van der Waals surface area contributed by atoms with Crippen LogP contribution in [0.1, 0.15) is 28.9 Å². The molecule has 0 unspecified atom stereocenters. The molecule has 8 heteroatoms. The lowest BCUT2D eigenvalue weighted by Gasteiger charge is -2.13. The molecule has 0 fully saturated rings. The third kappa shape index (κ3) is 3.68. The summed E-state index contributed by atoms with van der Waals surface area (Å²) in [5.41, 5.74) is 1.80. The van der Waals surface area contributed by atoms with Gasteiger partial charge in [0.15, 0.2) is 5.82 Å². The van der Waals surface area contributed by atoms with Crippen molar-refractivity contribution < 1.29 is 14.4 Å². The highest BCUT2D eigenvalue weighted by Crippen LogP contribution is 2.19. The van der Waals surface area contributed by atoms with Crippen LogP contribution in [-0.2, 0) is 16.6 Å². The molecule has 1 aliphatic heterocycles. The van der Waals surface area contributed by atoms with Gasteiger partial charge in [-0.05, 0) is 25.5 Å². The van der Waals surface area contributed by atoms with Crippen LogP contribution in [-0.4, -0.2) is 33.5 Å². The van der Waals surface area contributed by atoms with Crippen LogP contribution < -0.4 is 16.0 Å². The Balaban J connectivity index is 1.60. The average molecular weight is 341 g/mol. The Hall–Kier alpha value is -3.16. The summed E-state index contributed by atoms with van der Waals surface area (Å²) in [6.07, 6.45) is 0.285. The second-order valence-electron chi connectivity index (χ2n) is 5.94. The number of carbonyl (C=O) groups excluding carboxylic acids is 3. The van der Waals surface area contributed by atoms with Gasteiger partial charge in [0.1, 0.15) is 6.04 Å². The van der Waals surface area contributed by atoms with E-state index in [-0.39, 0.29) is 30.6 Å². The van der Waals surface area contributed by atoms with Gasteiger partial charge in [-0.3, -0.25) is 19.1 Å². The number of hydrogen-bond acceptors (Lipinski definition) is 4. The van der Waals surface area contributed by atoms with E-state index in [1.54, 1.807) is 42.1 Å². The molecule has 8 nitrogen and oxygen atoms in total. The molecular formula is C17H19N5O3. The van der Waals surface area contributed by atoms with Gasteiger partial charge in [0.25, 0.3) is 5.91 Å². The van der Waals surface area contributed by atoms with E-state index in [9.17, 15) is 14.4 Å². The molecular weight excluding hydrogens is 322 g/mol. The van der Waals surface area contributed by atoms with Crippen LogP contribution in [0.3, 0.4) is 0 Å². The van der Waals surface area contributed by atoms with Crippen molar-refractivity contribution in [3.05, 3.63) is 41.6 Å². The lowest BCUT2D eigenvalue weighted by atomic mass is 10.1. The van der Waals surface area contributed by atoms with Crippen molar-refractivity contribution in [1.29, 1.82) is 0 Å². The van der Waals surface area contributed by atoms with Gasteiger partial charge >= 0.3 is 0 Å². The maximum atomic E-state index is 12.3. The first kappa shape index (κ1) is 16.7. The van der Waals surface area contributed by atoms with E-state index >= 15 is 0 Å². The molecule has 2 aromatic rings. The number of aromatic nitrogens is 2. The van der Waals surface area contributed by atoms with Crippen molar-refractivity contribution >= 4 is 29.2 Å². The van der Waals surface area contributed by atoms with Crippen molar-refractivity contribution in [2.45, 2.75) is 25.8 Å². The normalized spacial score (nSPS) is 16.5. The summed E-state index contributed by atoms with van der Waals surface area (Å²) in [5.74, 6) is -0.465. The number of hydrogen-bond donors (Lipinski definition) is 3. The first-order valence-electron chi connectivity index (χ1n) is 7.95. The Morgan fingerprint density at radius 3 is 2.80 bits per heavy atom. The molecule has 1 aromatic carbocycles. The molecule has 0 aliphatic carbocycles. The molecule has 3 amide bonds. The maximum absolute atomic E-state index is 12.3. The van der Waals surface area contributed by atoms with E-state index in [0.717, 1.165) is 5.69 Å². The van der Waals surface area contributed by atoms with Gasteiger partial charge in [0, 0.05) is 25.2 Å². The predicted octanol–water partition coefficient (Wildman–Crippen LogP) is 1.20. The standard InChI is InChI=1S/C17H19N5O3/c1-10-9-14(21-22(10)2)20-15(23)8-7-13-17(25)18-12-6-4-3-5-11(12)16(24)19-13/h3-6,9,13H,7-8H2,1-2H3,(H,18,25)(H,19,24)(H,20,21,23)/t13-/m1/s1. The molecule has 3 N–H and O–H groups in total. The summed E-state index contributed by atoms with van der Waals surface area (Å²) in [6, 6.07) is 7.78. The fourth-order valence-electron chi connectivity index (χ4n) is 2.62. The highest BCUT2D eigenvalue weighted by molar-refractivity contribution is 6.09. The molecule has 0 radical (unpaired) electrons. The number of carbonyl (C=O) groups is 3. The predicted molar refractivity (Wildman–Crippen MR) is 92.1 cm³/mol. The van der Waals surface area contributed by atoms with Gasteiger partial charge in [-0.1, -0.05) is 12.1 Å². The molecule has 1 atom stereocenters. The van der Waals surface area contributed by atoms with Crippen molar-refractivity contribution in [1.82, 2.24) is 15.1 Å². The molecule has 2 heterocycles. The Bertz CT molecular complexity index is 823. The minimum Gasteiger partial charge on any atom is -0.340 e. The molecule has 1 aromatic heterocycles. The van der Waals surface area contributed by atoms with Crippen LogP contribution in [0.4, 0.5) is 11.5 Å². The van der Waals surface area contributed by atoms with Crippen molar-refractivity contribution in [3.63, 3.8) is 0 Å². The third-order valence-corrected chi connectivity index (χ3v) is 4.09. The molecule has 0 saturated carbocycles. The minimum absolute atomic E-state index is 0.0876. The van der Waals surface area contributed by atoms with E-state index in [4.69, 9.17) is 0 Å². The number of anilines is 2. The number of nitrogens with zero attached hydrogens (tertiary/aromatic N) is 2. The van der Waals surface area contributed by atoms with Gasteiger partial charge in [0.05, 0.1) is 11.3 Å². The molecule has 3 rings (SSSR count). The maximum Gasteiger partial charge on any atom is 0.254 e. The fraction of sp³-hybridized carbons (Fsp3) is 0.294. The summed E-state index contributed by atoms with van der Waals surface area (Å²) in [4.78, 5) is 36.6. The van der Waals surface area contributed by atoms with E-state index in [1.165, 1.54) is 0 Å². The second kappa shape index (κ2) is 6.76. The molecule has 25 heavy (non-hydrogen) atoms. The first-order valence-corrected chi connectivity index (χ1v) is 7.95. The number of rotatable bonds is 4. The Kier molecular flexibility index (Phi) is 4.51. The van der Waals surface area contributed by atoms with Gasteiger partial charge in [-0.25, -0.2) is 0 Å². The zero-order valence-electron chi connectivity index (χ0n) is 14.0. The fourth-order valence-corrected chi connectivity index (χ4v) is 2.62. The third-order valence-electron chi connectivity index (χ3n) is 4.09. The van der Waals surface area contributed by atoms with Gasteiger partial charge in [-0.2, -0.15) is 5.10 Å². The molecule has 0 spiro atoms. The zero-order valence-corrected chi connectivity index (χ0v) is 14.0. The van der Waals surface area contributed by atoms with Crippen molar-refractivity contribution in [2.24, 2.45) is 7.05 Å². The Morgan fingerprint density at radius 1 is 1.32 bits per heavy atom. The number of para-hydroxylation sites is 1. The highest BCUT2D eigenvalue weighted by atomic mass is 16.2. The lowest BCUT2D eigenvalue weighted by Crippen LogP contribution is -2.41. The summed E-state index contributed by atoms with van der Waals surface area (Å²) >= 11 is 0. The van der Waals surface area contributed by atoms with E-state index in [1.807, 2.05) is 6.92 Å². The van der Waals surface area contributed by atoms with Crippen LogP contribution in [0.25, 0.3) is 0 Å². The summed E-state index contributed by atoms with van der Waals surface area (Å²) in [7, 11) is 1.79. The van der Waals surface area contributed by atoms with Crippen molar-refractivity contribution in [3.8, 4) is 0 Å². The van der Waals surface area contributed by atoms with E-state index in [2.05, 4.69) is 21.0 Å². The molecule has 130 valence electrons. The van der Waals surface area contributed by atoms with Gasteiger partial charge in [-0.15, -0.1) is 0 Å². The zero-order chi connectivity index (χ0) is 18.0. The van der Waals surface area contributed by atoms with Gasteiger partial charge in [0.2, 0.25) is 11.8 Å². The van der Waals surface area contributed by atoms with Crippen LogP contribution in [0, 0.1) is 6.92 Å². The summed E-state index contributed by atoms with van der Waals surface area (Å²) in [5, 5.41) is 12.2. The van der Waals surface area contributed by atoms with Crippen LogP contribution in [0.15, 0.2) is 30.3 Å². The summed E-state index contributed by atoms with van der Waals surface area (Å²) in [6.45, 7) is 1.88. The summed E-state index contributed by atoms with van der Waals surface area (Å²) < 4.78 is 1.66. The van der Waals surface area contributed by atoms with E-state index < -0.39 is 6.04 Å². The number of benzene rings is 1. The van der Waals surface area contributed by atoms with Crippen LogP contribution in [0.5, 0.6) is 0 Å². The van der Waals surface area contributed by atoms with Crippen molar-refractivity contribution in [2.75, 3.05) is 10.6 Å². The molecule has 0 bridgehead atoms. The molecule has 0 saturated heterocycles. The monoisotopic (exact) mass is 341 g/mol. The minimum atomic E-state index is -0.767. The number of nitrogens with one attached hydrogen (secondary N) is 3. The van der Waals surface area contributed by atoms with E-state index in [0.29, 0.717) is 17.1 Å². The Labute approximate surface area is 144 Å². The Morgan fingerprint density at radius 2 is 2.08 bits per heavy atom. The highest BCUT2D eigenvalue weighted by Gasteiger charge is 2.27. The first-order chi connectivity index (χ1) is 11.9.